The Kier molecular flexibility index (Phi) is 7.95. The van der Waals surface area contributed by atoms with Crippen molar-refractivity contribution in [3.63, 3.8) is 0 Å². The van der Waals surface area contributed by atoms with Crippen molar-refractivity contribution < 1.29 is 19.5 Å². The first-order chi connectivity index (χ1) is 11.3. The third-order valence-corrected chi connectivity index (χ3v) is 3.47. The number of rotatable bonds is 9. The third-order valence-electron chi connectivity index (χ3n) is 3.47. The second-order valence-corrected chi connectivity index (χ2v) is 6.35. The minimum atomic E-state index is -0.902. The molecule has 1 aromatic rings. The molecule has 0 aromatic heterocycles. The molecular formula is C18H26N2O4. The molecule has 0 aliphatic rings. The van der Waals surface area contributed by atoms with Crippen LogP contribution in [0.4, 0.5) is 0 Å². The van der Waals surface area contributed by atoms with E-state index >= 15 is 0 Å². The topological polar surface area (TPSA) is 95.5 Å². The molecule has 0 bridgehead atoms. The SMILES string of the molecule is CC(C)CC(=O)NC(C(=O)NC(C)CCC(=O)O)c1ccccc1. The summed E-state index contributed by atoms with van der Waals surface area (Å²) >= 11 is 0. The molecule has 1 rings (SSSR count). The normalized spacial score (nSPS) is 13.2. The van der Waals surface area contributed by atoms with Gasteiger partial charge in [0.25, 0.3) is 0 Å². The fourth-order valence-electron chi connectivity index (χ4n) is 2.27. The molecule has 0 saturated carbocycles. The standard InChI is InChI=1S/C18H26N2O4/c1-12(2)11-15(21)20-17(14-7-5-4-6-8-14)18(24)19-13(3)9-10-16(22)23/h4-8,12-13,17H,9-11H2,1-3H3,(H,19,24)(H,20,21)(H,22,23). The maximum Gasteiger partial charge on any atom is 0.303 e. The van der Waals surface area contributed by atoms with Crippen LogP contribution >= 0.6 is 0 Å². The lowest BCUT2D eigenvalue weighted by atomic mass is 10.0. The van der Waals surface area contributed by atoms with Crippen LogP contribution in [0.5, 0.6) is 0 Å². The molecule has 6 nitrogen and oxygen atoms in total. The summed E-state index contributed by atoms with van der Waals surface area (Å²) in [6.45, 7) is 5.62. The van der Waals surface area contributed by atoms with E-state index in [0.29, 0.717) is 18.4 Å². The number of aliphatic carboxylic acids is 1. The number of amides is 2. The van der Waals surface area contributed by atoms with Gasteiger partial charge in [-0.3, -0.25) is 14.4 Å². The number of carboxylic acid groups (broad SMARTS) is 1. The zero-order valence-electron chi connectivity index (χ0n) is 14.4. The van der Waals surface area contributed by atoms with Crippen molar-refractivity contribution in [2.24, 2.45) is 5.92 Å². The Morgan fingerprint density at radius 2 is 1.67 bits per heavy atom. The predicted molar refractivity (Wildman–Crippen MR) is 91.3 cm³/mol. The molecule has 2 unspecified atom stereocenters. The van der Waals surface area contributed by atoms with Gasteiger partial charge in [0, 0.05) is 18.9 Å². The smallest absolute Gasteiger partial charge is 0.303 e. The maximum atomic E-state index is 12.5. The van der Waals surface area contributed by atoms with Crippen molar-refractivity contribution in [2.75, 3.05) is 0 Å². The Morgan fingerprint density at radius 1 is 1.04 bits per heavy atom. The number of hydrogen-bond donors (Lipinski definition) is 3. The van der Waals surface area contributed by atoms with Crippen molar-refractivity contribution >= 4 is 17.8 Å². The van der Waals surface area contributed by atoms with Crippen LogP contribution in [0.3, 0.4) is 0 Å². The number of carbonyl (C=O) groups excluding carboxylic acids is 2. The molecular weight excluding hydrogens is 308 g/mol. The van der Waals surface area contributed by atoms with Crippen LogP contribution in [0, 0.1) is 5.92 Å². The maximum absolute atomic E-state index is 12.5. The van der Waals surface area contributed by atoms with E-state index in [0.717, 1.165) is 0 Å². The molecule has 0 radical (unpaired) electrons. The van der Waals surface area contributed by atoms with E-state index in [1.807, 2.05) is 19.9 Å². The summed E-state index contributed by atoms with van der Waals surface area (Å²) < 4.78 is 0. The largest absolute Gasteiger partial charge is 0.481 e. The zero-order chi connectivity index (χ0) is 18.1. The van der Waals surface area contributed by atoms with Gasteiger partial charge in [-0.1, -0.05) is 44.2 Å². The molecule has 132 valence electrons. The average Bonchev–Trinajstić information content (AvgIpc) is 2.50. The van der Waals surface area contributed by atoms with E-state index in [-0.39, 0.29) is 30.2 Å². The Hall–Kier alpha value is -2.37. The molecule has 2 amide bonds. The van der Waals surface area contributed by atoms with Gasteiger partial charge < -0.3 is 15.7 Å². The summed E-state index contributed by atoms with van der Waals surface area (Å²) in [7, 11) is 0. The van der Waals surface area contributed by atoms with Crippen molar-refractivity contribution in [3.05, 3.63) is 35.9 Å². The first-order valence-electron chi connectivity index (χ1n) is 8.16. The highest BCUT2D eigenvalue weighted by molar-refractivity contribution is 5.88. The lowest BCUT2D eigenvalue weighted by Gasteiger charge is -2.22. The molecule has 0 saturated heterocycles. The summed E-state index contributed by atoms with van der Waals surface area (Å²) in [4.78, 5) is 35.2. The van der Waals surface area contributed by atoms with Gasteiger partial charge in [-0.15, -0.1) is 0 Å². The highest BCUT2D eigenvalue weighted by Gasteiger charge is 2.24. The lowest BCUT2D eigenvalue weighted by Crippen LogP contribution is -2.43. The molecule has 0 heterocycles. The van der Waals surface area contributed by atoms with E-state index in [1.165, 1.54) is 0 Å². The van der Waals surface area contributed by atoms with E-state index < -0.39 is 12.0 Å². The van der Waals surface area contributed by atoms with Crippen LogP contribution in [0.2, 0.25) is 0 Å². The molecule has 3 N–H and O–H groups in total. The highest BCUT2D eigenvalue weighted by Crippen LogP contribution is 2.14. The van der Waals surface area contributed by atoms with E-state index in [9.17, 15) is 14.4 Å². The van der Waals surface area contributed by atoms with Crippen LogP contribution in [0.1, 0.15) is 51.6 Å². The number of carboxylic acids is 1. The van der Waals surface area contributed by atoms with Gasteiger partial charge >= 0.3 is 5.97 Å². The van der Waals surface area contributed by atoms with Gasteiger partial charge in [0.05, 0.1) is 0 Å². The summed E-state index contributed by atoms with van der Waals surface area (Å²) in [5.74, 6) is -1.23. The third kappa shape index (κ3) is 7.26. The Morgan fingerprint density at radius 3 is 2.21 bits per heavy atom. The van der Waals surface area contributed by atoms with Crippen molar-refractivity contribution in [2.45, 2.75) is 52.1 Å². The average molecular weight is 334 g/mol. The molecule has 0 spiro atoms. The quantitative estimate of drug-likeness (QED) is 0.645. The number of carbonyl (C=O) groups is 3. The predicted octanol–water partition coefficient (Wildman–Crippen LogP) is 2.26. The van der Waals surface area contributed by atoms with E-state index in [1.54, 1.807) is 31.2 Å². The lowest BCUT2D eigenvalue weighted by molar-refractivity contribution is -0.137. The monoisotopic (exact) mass is 334 g/mol. The molecule has 0 aliphatic carbocycles. The molecule has 0 aliphatic heterocycles. The van der Waals surface area contributed by atoms with E-state index in [4.69, 9.17) is 5.11 Å². The van der Waals surface area contributed by atoms with Crippen LogP contribution in [-0.2, 0) is 14.4 Å². The fourth-order valence-corrected chi connectivity index (χ4v) is 2.27. The number of benzene rings is 1. The highest BCUT2D eigenvalue weighted by atomic mass is 16.4. The summed E-state index contributed by atoms with van der Waals surface area (Å²) in [5, 5.41) is 14.3. The van der Waals surface area contributed by atoms with Gasteiger partial charge in [0.2, 0.25) is 11.8 Å². The van der Waals surface area contributed by atoms with Gasteiger partial charge in [-0.25, -0.2) is 0 Å². The van der Waals surface area contributed by atoms with Crippen molar-refractivity contribution in [1.82, 2.24) is 10.6 Å². The minimum Gasteiger partial charge on any atom is -0.481 e. The molecule has 24 heavy (non-hydrogen) atoms. The van der Waals surface area contributed by atoms with Gasteiger partial charge in [-0.05, 0) is 24.8 Å². The first kappa shape index (κ1) is 19.7. The zero-order valence-corrected chi connectivity index (χ0v) is 14.4. The summed E-state index contributed by atoms with van der Waals surface area (Å²) in [6.07, 6.45) is 0.658. The Balaban J connectivity index is 2.79. The van der Waals surface area contributed by atoms with E-state index in [2.05, 4.69) is 10.6 Å². The van der Waals surface area contributed by atoms with Gasteiger partial charge in [0.1, 0.15) is 6.04 Å². The van der Waals surface area contributed by atoms with Gasteiger partial charge in [0.15, 0.2) is 0 Å². The van der Waals surface area contributed by atoms with Gasteiger partial charge in [-0.2, -0.15) is 0 Å². The summed E-state index contributed by atoms with van der Waals surface area (Å²) in [6, 6.07) is 7.93. The summed E-state index contributed by atoms with van der Waals surface area (Å²) in [5.41, 5.74) is 0.692. The minimum absolute atomic E-state index is 0.0167. The van der Waals surface area contributed by atoms with Crippen LogP contribution in [0.15, 0.2) is 30.3 Å². The first-order valence-corrected chi connectivity index (χ1v) is 8.16. The number of nitrogens with one attached hydrogen (secondary N) is 2. The molecule has 1 aromatic carbocycles. The molecule has 6 heteroatoms. The Bertz CT molecular complexity index is 557. The van der Waals surface area contributed by atoms with Crippen LogP contribution in [0.25, 0.3) is 0 Å². The fraction of sp³-hybridized carbons (Fsp3) is 0.500. The van der Waals surface area contributed by atoms with Crippen LogP contribution in [-0.4, -0.2) is 28.9 Å². The second-order valence-electron chi connectivity index (χ2n) is 6.35. The molecule has 0 fully saturated rings. The second kappa shape index (κ2) is 9.70. The Labute approximate surface area is 142 Å². The molecule has 2 atom stereocenters. The number of hydrogen-bond acceptors (Lipinski definition) is 3. The van der Waals surface area contributed by atoms with Crippen LogP contribution < -0.4 is 10.6 Å². The van der Waals surface area contributed by atoms with Crippen molar-refractivity contribution in [1.29, 1.82) is 0 Å². The van der Waals surface area contributed by atoms with Crippen molar-refractivity contribution in [3.8, 4) is 0 Å².